The van der Waals surface area contributed by atoms with E-state index in [0.717, 1.165) is 25.7 Å². The van der Waals surface area contributed by atoms with Crippen LogP contribution in [0.4, 0.5) is 0 Å². The minimum absolute atomic E-state index is 0.0772. The highest BCUT2D eigenvalue weighted by atomic mass is 32.2. The fourth-order valence-electron chi connectivity index (χ4n) is 3.03. The highest BCUT2D eigenvalue weighted by Gasteiger charge is 2.38. The van der Waals surface area contributed by atoms with Crippen LogP contribution in [0.5, 0.6) is 0 Å². The summed E-state index contributed by atoms with van der Waals surface area (Å²) in [6, 6.07) is -0.187. The first-order valence-electron chi connectivity index (χ1n) is 6.89. The van der Waals surface area contributed by atoms with Gasteiger partial charge in [0.05, 0.1) is 0 Å². The first-order chi connectivity index (χ1) is 8.94. The van der Waals surface area contributed by atoms with Gasteiger partial charge < -0.3 is 10.6 Å². The van der Waals surface area contributed by atoms with E-state index in [9.17, 15) is 13.2 Å². The van der Waals surface area contributed by atoms with E-state index in [4.69, 9.17) is 5.73 Å². The predicted octanol–water partition coefficient (Wildman–Crippen LogP) is -0.346. The Hall–Kier alpha value is -0.660. The first-order valence-corrected chi connectivity index (χ1v) is 8.44. The molecule has 19 heavy (non-hydrogen) atoms. The second-order valence-corrected chi connectivity index (χ2v) is 7.64. The Bertz CT molecular complexity index is 432. The highest BCUT2D eigenvalue weighted by Crippen LogP contribution is 2.28. The van der Waals surface area contributed by atoms with Crippen molar-refractivity contribution in [2.45, 2.75) is 43.4 Å². The van der Waals surface area contributed by atoms with Crippen LogP contribution in [0.3, 0.4) is 0 Å². The number of nitrogens with two attached hydrogens (primary N) is 1. The maximum atomic E-state index is 12.3. The maximum Gasteiger partial charge on any atom is 0.223 e. The summed E-state index contributed by atoms with van der Waals surface area (Å²) in [6.45, 7) is 0.594. The monoisotopic (exact) mass is 289 g/mol. The van der Waals surface area contributed by atoms with Crippen LogP contribution in [0.25, 0.3) is 0 Å². The molecule has 2 fully saturated rings. The number of hydrogen-bond acceptors (Lipinski definition) is 4. The largest absolute Gasteiger partial charge is 0.344 e. The first kappa shape index (κ1) is 14.7. The average Bonchev–Trinajstić information content (AvgIpc) is 2.98. The lowest BCUT2D eigenvalue weighted by atomic mass is 9.99. The average molecular weight is 289 g/mol. The van der Waals surface area contributed by atoms with Crippen LogP contribution in [0, 0.1) is 5.92 Å². The van der Waals surface area contributed by atoms with Crippen molar-refractivity contribution >= 4 is 15.9 Å². The number of sulfonamides is 1. The molecule has 110 valence electrons. The maximum absolute atomic E-state index is 12.3. The summed E-state index contributed by atoms with van der Waals surface area (Å²) in [5.41, 5.74) is 5.71. The zero-order chi connectivity index (χ0) is 14.0. The number of likely N-dealkylation sites (tertiary alicyclic amines) is 1. The molecule has 1 saturated carbocycles. The van der Waals surface area contributed by atoms with Crippen LogP contribution in [-0.4, -0.2) is 50.7 Å². The van der Waals surface area contributed by atoms with Crippen LogP contribution in [0.2, 0.25) is 0 Å². The fourth-order valence-corrected chi connectivity index (χ4v) is 4.72. The van der Waals surface area contributed by atoms with Crippen LogP contribution >= 0.6 is 0 Å². The lowest BCUT2D eigenvalue weighted by Gasteiger charge is -2.24. The topological polar surface area (TPSA) is 92.5 Å². The van der Waals surface area contributed by atoms with Gasteiger partial charge in [0.25, 0.3) is 0 Å². The van der Waals surface area contributed by atoms with E-state index >= 15 is 0 Å². The molecule has 0 aromatic carbocycles. The van der Waals surface area contributed by atoms with Crippen molar-refractivity contribution in [1.29, 1.82) is 0 Å². The molecule has 1 amide bonds. The van der Waals surface area contributed by atoms with Gasteiger partial charge in [-0.2, -0.15) is 0 Å². The van der Waals surface area contributed by atoms with E-state index in [-0.39, 0.29) is 24.9 Å². The van der Waals surface area contributed by atoms with Gasteiger partial charge in [-0.3, -0.25) is 4.79 Å². The Labute approximate surface area is 114 Å². The molecule has 0 aromatic heterocycles. The van der Waals surface area contributed by atoms with Gasteiger partial charge in [0.15, 0.2) is 0 Å². The van der Waals surface area contributed by atoms with Crippen molar-refractivity contribution in [2.75, 3.05) is 20.1 Å². The highest BCUT2D eigenvalue weighted by molar-refractivity contribution is 7.90. The number of carbonyl (C=O) groups is 1. The second kappa shape index (κ2) is 5.76. The molecule has 6 nitrogen and oxygen atoms in total. The van der Waals surface area contributed by atoms with Crippen molar-refractivity contribution in [3.8, 4) is 0 Å². The van der Waals surface area contributed by atoms with Gasteiger partial charge in [0.1, 0.15) is 5.25 Å². The summed E-state index contributed by atoms with van der Waals surface area (Å²) in [5, 5.41) is -0.638. The Kier molecular flexibility index (Phi) is 4.47. The molecule has 1 saturated heterocycles. The Balaban J connectivity index is 2.01. The van der Waals surface area contributed by atoms with E-state index < -0.39 is 15.3 Å². The summed E-state index contributed by atoms with van der Waals surface area (Å²) in [5.74, 6) is 0.232. The minimum atomic E-state index is -3.47. The van der Waals surface area contributed by atoms with Crippen LogP contribution in [0.1, 0.15) is 32.1 Å². The summed E-state index contributed by atoms with van der Waals surface area (Å²) in [7, 11) is -1.83. The van der Waals surface area contributed by atoms with Gasteiger partial charge >= 0.3 is 0 Å². The molecule has 0 aromatic rings. The van der Waals surface area contributed by atoms with E-state index in [1.165, 1.54) is 4.90 Å². The SMILES string of the molecule is CN1CC(S(=O)(=O)NC(CN)C2CCCC2)CC1=O. The smallest absolute Gasteiger partial charge is 0.223 e. The van der Waals surface area contributed by atoms with Crippen LogP contribution in [0.15, 0.2) is 0 Å². The quantitative estimate of drug-likeness (QED) is 0.724. The van der Waals surface area contributed by atoms with Gasteiger partial charge in [0, 0.05) is 32.6 Å². The lowest BCUT2D eigenvalue weighted by Crippen LogP contribution is -2.48. The third-order valence-electron chi connectivity index (χ3n) is 4.28. The van der Waals surface area contributed by atoms with Gasteiger partial charge in [-0.25, -0.2) is 13.1 Å². The molecule has 0 radical (unpaired) electrons. The summed E-state index contributed by atoms with van der Waals surface area (Å²) in [4.78, 5) is 12.9. The third-order valence-corrected chi connectivity index (χ3v) is 6.11. The number of nitrogens with one attached hydrogen (secondary N) is 1. The van der Waals surface area contributed by atoms with Gasteiger partial charge in [-0.05, 0) is 18.8 Å². The van der Waals surface area contributed by atoms with Gasteiger partial charge in [-0.15, -0.1) is 0 Å². The van der Waals surface area contributed by atoms with E-state index in [1.807, 2.05) is 0 Å². The number of nitrogens with zero attached hydrogens (tertiary/aromatic N) is 1. The van der Waals surface area contributed by atoms with Crippen LogP contribution < -0.4 is 10.5 Å². The molecule has 2 rings (SSSR count). The van der Waals surface area contributed by atoms with Crippen molar-refractivity contribution in [3.05, 3.63) is 0 Å². The van der Waals surface area contributed by atoms with Gasteiger partial charge in [-0.1, -0.05) is 12.8 Å². The van der Waals surface area contributed by atoms with Crippen molar-refractivity contribution in [2.24, 2.45) is 11.7 Å². The number of rotatable bonds is 5. The molecule has 1 aliphatic heterocycles. The second-order valence-electron chi connectivity index (χ2n) is 5.65. The molecule has 2 unspecified atom stereocenters. The number of amides is 1. The Morgan fingerprint density at radius 3 is 2.53 bits per heavy atom. The fraction of sp³-hybridized carbons (Fsp3) is 0.917. The van der Waals surface area contributed by atoms with Crippen LogP contribution in [-0.2, 0) is 14.8 Å². The normalized spacial score (nSPS) is 27.2. The minimum Gasteiger partial charge on any atom is -0.344 e. The molecule has 1 aliphatic carbocycles. The third kappa shape index (κ3) is 3.27. The molecular weight excluding hydrogens is 266 g/mol. The molecular formula is C12H23N3O3S. The molecule has 0 spiro atoms. The zero-order valence-corrected chi connectivity index (χ0v) is 12.2. The predicted molar refractivity (Wildman–Crippen MR) is 72.9 cm³/mol. The molecule has 1 heterocycles. The molecule has 2 atom stereocenters. The van der Waals surface area contributed by atoms with E-state index in [1.54, 1.807) is 7.05 Å². The van der Waals surface area contributed by atoms with Gasteiger partial charge in [0.2, 0.25) is 15.9 Å². The zero-order valence-electron chi connectivity index (χ0n) is 11.3. The van der Waals surface area contributed by atoms with E-state index in [0.29, 0.717) is 12.5 Å². The standard InChI is InChI=1S/C12H23N3O3S/c1-15-8-10(6-12(15)16)19(17,18)14-11(7-13)9-4-2-3-5-9/h9-11,14H,2-8,13H2,1H3. The Morgan fingerprint density at radius 1 is 1.42 bits per heavy atom. The molecule has 0 bridgehead atoms. The van der Waals surface area contributed by atoms with Crippen molar-refractivity contribution < 1.29 is 13.2 Å². The summed E-state index contributed by atoms with van der Waals surface area (Å²) < 4.78 is 27.3. The number of hydrogen-bond donors (Lipinski definition) is 2. The summed E-state index contributed by atoms with van der Waals surface area (Å²) >= 11 is 0. The lowest BCUT2D eigenvalue weighted by molar-refractivity contribution is -0.126. The van der Waals surface area contributed by atoms with E-state index in [2.05, 4.69) is 4.72 Å². The van der Waals surface area contributed by atoms with Crippen molar-refractivity contribution in [1.82, 2.24) is 9.62 Å². The molecule has 7 heteroatoms. The molecule has 3 N–H and O–H groups in total. The Morgan fingerprint density at radius 2 is 2.05 bits per heavy atom. The summed E-state index contributed by atoms with van der Waals surface area (Å²) in [6.07, 6.45) is 4.44. The van der Waals surface area contributed by atoms with Crippen molar-refractivity contribution in [3.63, 3.8) is 0 Å². The molecule has 2 aliphatic rings. The number of carbonyl (C=O) groups excluding carboxylic acids is 1.